The molecule has 1 atom stereocenters. The van der Waals surface area contributed by atoms with Crippen molar-refractivity contribution in [2.45, 2.75) is 40.0 Å². The van der Waals surface area contributed by atoms with Gasteiger partial charge in [0.25, 0.3) is 0 Å². The summed E-state index contributed by atoms with van der Waals surface area (Å²) < 4.78 is 0. The van der Waals surface area contributed by atoms with E-state index in [-0.39, 0.29) is 6.03 Å². The van der Waals surface area contributed by atoms with Crippen molar-refractivity contribution in [3.8, 4) is 0 Å². The normalized spacial score (nSPS) is 14.7. The van der Waals surface area contributed by atoms with Crippen LogP contribution in [0, 0.1) is 5.92 Å². The topological polar surface area (TPSA) is 47.6 Å². The van der Waals surface area contributed by atoms with Gasteiger partial charge >= 0.3 is 6.03 Å². The molecule has 0 aliphatic carbocycles. The SMILES string of the molecule is CC[C@@H](C)CCCN(CC)C(=O)Nc1ccc(N2C=CCN2)cc1. The van der Waals surface area contributed by atoms with Crippen LogP contribution in [0.1, 0.15) is 40.0 Å². The van der Waals surface area contributed by atoms with E-state index >= 15 is 0 Å². The minimum atomic E-state index is -0.0198. The Labute approximate surface area is 145 Å². The van der Waals surface area contributed by atoms with E-state index in [1.807, 2.05) is 47.3 Å². The zero-order valence-electron chi connectivity index (χ0n) is 15.1. The molecule has 24 heavy (non-hydrogen) atoms. The summed E-state index contributed by atoms with van der Waals surface area (Å²) in [6, 6.07) is 7.85. The van der Waals surface area contributed by atoms with E-state index in [1.54, 1.807) is 0 Å². The maximum atomic E-state index is 12.4. The molecule has 1 aromatic rings. The van der Waals surface area contributed by atoms with E-state index in [4.69, 9.17) is 0 Å². The largest absolute Gasteiger partial charge is 0.325 e. The number of rotatable bonds is 8. The molecule has 2 N–H and O–H groups in total. The number of nitrogens with one attached hydrogen (secondary N) is 2. The van der Waals surface area contributed by atoms with Crippen molar-refractivity contribution < 1.29 is 4.79 Å². The second kappa shape index (κ2) is 9.33. The van der Waals surface area contributed by atoms with E-state index < -0.39 is 0 Å². The third-order valence-corrected chi connectivity index (χ3v) is 4.52. The lowest BCUT2D eigenvalue weighted by molar-refractivity contribution is 0.212. The first kappa shape index (κ1) is 18.3. The van der Waals surface area contributed by atoms with Crippen molar-refractivity contribution >= 4 is 17.4 Å². The third kappa shape index (κ3) is 5.27. The molecule has 1 aromatic carbocycles. The first-order valence-electron chi connectivity index (χ1n) is 8.99. The van der Waals surface area contributed by atoms with Gasteiger partial charge in [-0.3, -0.25) is 5.01 Å². The highest BCUT2D eigenvalue weighted by Crippen LogP contribution is 2.18. The highest BCUT2D eigenvalue weighted by molar-refractivity contribution is 5.89. The molecule has 0 bridgehead atoms. The lowest BCUT2D eigenvalue weighted by atomic mass is 10.0. The van der Waals surface area contributed by atoms with Crippen LogP contribution >= 0.6 is 0 Å². The molecule has 0 unspecified atom stereocenters. The van der Waals surface area contributed by atoms with Crippen LogP contribution in [0.25, 0.3) is 0 Å². The van der Waals surface area contributed by atoms with Gasteiger partial charge in [-0.2, -0.15) is 0 Å². The monoisotopic (exact) mass is 330 g/mol. The minimum absolute atomic E-state index is 0.0198. The minimum Gasteiger partial charge on any atom is -0.325 e. The van der Waals surface area contributed by atoms with E-state index in [0.717, 1.165) is 43.3 Å². The number of carbonyl (C=O) groups excluding carboxylic acids is 1. The lowest BCUT2D eigenvalue weighted by Gasteiger charge is -2.22. The highest BCUT2D eigenvalue weighted by Gasteiger charge is 2.12. The Hall–Kier alpha value is -2.01. The van der Waals surface area contributed by atoms with Crippen molar-refractivity contribution in [1.29, 1.82) is 0 Å². The summed E-state index contributed by atoms with van der Waals surface area (Å²) in [6.45, 7) is 8.90. The molecule has 0 saturated heterocycles. The van der Waals surface area contributed by atoms with Gasteiger partial charge < -0.3 is 10.2 Å². The second-order valence-corrected chi connectivity index (χ2v) is 6.33. The number of hydrogen-bond donors (Lipinski definition) is 2. The summed E-state index contributed by atoms with van der Waals surface area (Å²) in [4.78, 5) is 14.3. The summed E-state index contributed by atoms with van der Waals surface area (Å²) in [7, 11) is 0. The average Bonchev–Trinajstić information content (AvgIpc) is 3.13. The van der Waals surface area contributed by atoms with Gasteiger partial charge in [-0.25, -0.2) is 10.2 Å². The molecule has 0 radical (unpaired) electrons. The number of benzene rings is 1. The zero-order chi connectivity index (χ0) is 17.4. The van der Waals surface area contributed by atoms with Crippen LogP contribution in [0.5, 0.6) is 0 Å². The Morgan fingerprint density at radius 3 is 2.67 bits per heavy atom. The van der Waals surface area contributed by atoms with E-state index in [2.05, 4.69) is 30.7 Å². The number of hydrazine groups is 1. The second-order valence-electron chi connectivity index (χ2n) is 6.33. The molecule has 5 heteroatoms. The number of urea groups is 1. The first-order valence-corrected chi connectivity index (χ1v) is 8.99. The van der Waals surface area contributed by atoms with Gasteiger partial charge in [0.1, 0.15) is 0 Å². The molecule has 132 valence electrons. The van der Waals surface area contributed by atoms with Crippen molar-refractivity contribution in [3.05, 3.63) is 36.5 Å². The molecule has 1 aliphatic rings. The van der Waals surface area contributed by atoms with Crippen LogP contribution in [-0.2, 0) is 0 Å². The first-order chi connectivity index (χ1) is 11.6. The van der Waals surface area contributed by atoms with Gasteiger partial charge in [-0.1, -0.05) is 26.3 Å². The Bertz CT molecular complexity index is 541. The fourth-order valence-corrected chi connectivity index (χ4v) is 2.69. The number of nitrogens with zero attached hydrogens (tertiary/aromatic N) is 2. The lowest BCUT2D eigenvalue weighted by Crippen LogP contribution is -2.35. The summed E-state index contributed by atoms with van der Waals surface area (Å²) in [6.07, 6.45) is 7.50. The molecule has 0 spiro atoms. The standard InChI is InChI=1S/C19H30N4O/c1-4-16(3)8-6-14-22(5-2)19(24)21-17-9-11-18(12-10-17)23-15-7-13-20-23/h7,9-12,15-16,20H,4-6,8,13-14H2,1-3H3,(H,21,24)/t16-/m1/s1. The van der Waals surface area contributed by atoms with Crippen LogP contribution in [0.3, 0.4) is 0 Å². The maximum absolute atomic E-state index is 12.4. The highest BCUT2D eigenvalue weighted by atomic mass is 16.2. The zero-order valence-corrected chi connectivity index (χ0v) is 15.1. The van der Waals surface area contributed by atoms with Crippen molar-refractivity contribution in [1.82, 2.24) is 10.3 Å². The van der Waals surface area contributed by atoms with Crippen LogP contribution in [-0.4, -0.2) is 30.6 Å². The van der Waals surface area contributed by atoms with E-state index in [1.165, 1.54) is 12.8 Å². The Kier molecular flexibility index (Phi) is 7.12. The third-order valence-electron chi connectivity index (χ3n) is 4.52. The molecule has 1 aliphatic heterocycles. The van der Waals surface area contributed by atoms with E-state index in [0.29, 0.717) is 0 Å². The van der Waals surface area contributed by atoms with Gasteiger partial charge in [-0.15, -0.1) is 0 Å². The summed E-state index contributed by atoms with van der Waals surface area (Å²) in [5.41, 5.74) is 5.11. The maximum Gasteiger partial charge on any atom is 0.321 e. The molecule has 0 aromatic heterocycles. The quantitative estimate of drug-likeness (QED) is 0.751. The predicted octanol–water partition coefficient (Wildman–Crippen LogP) is 4.21. The van der Waals surface area contributed by atoms with Crippen LogP contribution in [0.4, 0.5) is 16.2 Å². The molecular formula is C19H30N4O. The van der Waals surface area contributed by atoms with Crippen LogP contribution in [0.15, 0.2) is 36.5 Å². The molecule has 1 heterocycles. The summed E-state index contributed by atoms with van der Waals surface area (Å²) in [5.74, 6) is 0.729. The van der Waals surface area contributed by atoms with Gasteiger partial charge in [0.15, 0.2) is 0 Å². The number of anilines is 2. The summed E-state index contributed by atoms with van der Waals surface area (Å²) >= 11 is 0. The van der Waals surface area contributed by atoms with Gasteiger partial charge in [-0.05, 0) is 49.9 Å². The molecule has 2 amide bonds. The molecule has 0 saturated carbocycles. The number of hydrogen-bond acceptors (Lipinski definition) is 3. The van der Waals surface area contributed by atoms with Gasteiger partial charge in [0.05, 0.1) is 5.69 Å². The molecular weight excluding hydrogens is 300 g/mol. The Morgan fingerprint density at radius 1 is 1.33 bits per heavy atom. The Morgan fingerprint density at radius 2 is 2.08 bits per heavy atom. The molecule has 0 fully saturated rings. The average molecular weight is 330 g/mol. The van der Waals surface area contributed by atoms with Gasteiger partial charge in [0, 0.05) is 31.5 Å². The summed E-state index contributed by atoms with van der Waals surface area (Å²) in [5, 5.41) is 4.96. The smallest absolute Gasteiger partial charge is 0.321 e. The fourth-order valence-electron chi connectivity index (χ4n) is 2.69. The number of carbonyl (C=O) groups is 1. The molecule has 2 rings (SSSR count). The van der Waals surface area contributed by atoms with Gasteiger partial charge in [0.2, 0.25) is 0 Å². The van der Waals surface area contributed by atoms with E-state index in [9.17, 15) is 4.79 Å². The number of amides is 2. The van der Waals surface area contributed by atoms with Crippen molar-refractivity contribution in [2.24, 2.45) is 5.92 Å². The fraction of sp³-hybridized carbons (Fsp3) is 0.526. The van der Waals surface area contributed by atoms with Crippen molar-refractivity contribution in [2.75, 3.05) is 30.0 Å². The van der Waals surface area contributed by atoms with Crippen LogP contribution in [0.2, 0.25) is 0 Å². The van der Waals surface area contributed by atoms with Crippen molar-refractivity contribution in [3.63, 3.8) is 0 Å². The predicted molar refractivity (Wildman–Crippen MR) is 101 cm³/mol. The van der Waals surface area contributed by atoms with Crippen LogP contribution < -0.4 is 15.8 Å². The Balaban J connectivity index is 1.84. The molecule has 5 nitrogen and oxygen atoms in total.